The van der Waals surface area contributed by atoms with Gasteiger partial charge in [-0.15, -0.1) is 0 Å². The van der Waals surface area contributed by atoms with Crippen molar-refractivity contribution in [3.63, 3.8) is 0 Å². The third kappa shape index (κ3) is 8.12. The fraction of sp³-hybridized carbons (Fsp3) is 1.00. The highest BCUT2D eigenvalue weighted by atomic mass is 14.8. The molecule has 0 aliphatic carbocycles. The third-order valence-corrected chi connectivity index (χ3v) is 3.55. The topological polar surface area (TPSA) is 38.0 Å². The zero-order valence-electron chi connectivity index (χ0n) is 11.8. The monoisotopic (exact) mass is 228 g/mol. The largest absolute Gasteiger partial charge is 0.330 e. The number of hydrogen-bond acceptors (Lipinski definition) is 2. The molecule has 0 heterocycles. The summed E-state index contributed by atoms with van der Waals surface area (Å²) in [7, 11) is 2.03. The lowest BCUT2D eigenvalue weighted by molar-refractivity contribution is 0.276. The summed E-state index contributed by atoms with van der Waals surface area (Å²) < 4.78 is 0. The van der Waals surface area contributed by atoms with E-state index < -0.39 is 0 Å². The molecule has 0 bridgehead atoms. The maximum atomic E-state index is 5.60. The first kappa shape index (κ1) is 15.9. The molecule has 0 radical (unpaired) electrons. The van der Waals surface area contributed by atoms with Crippen molar-refractivity contribution in [2.24, 2.45) is 23.5 Å². The molecule has 0 aromatic carbocycles. The summed E-state index contributed by atoms with van der Waals surface area (Å²) >= 11 is 0. The van der Waals surface area contributed by atoms with Gasteiger partial charge < -0.3 is 11.1 Å². The van der Waals surface area contributed by atoms with Crippen molar-refractivity contribution < 1.29 is 0 Å². The number of rotatable bonds is 10. The second-order valence-corrected chi connectivity index (χ2v) is 5.52. The second-order valence-electron chi connectivity index (χ2n) is 5.52. The van der Waals surface area contributed by atoms with Crippen LogP contribution in [0.15, 0.2) is 0 Å². The zero-order chi connectivity index (χ0) is 12.4. The molecule has 0 amide bonds. The summed E-state index contributed by atoms with van der Waals surface area (Å²) in [6.07, 6.45) is 6.53. The van der Waals surface area contributed by atoms with Gasteiger partial charge in [-0.1, -0.05) is 20.8 Å². The molecule has 0 saturated heterocycles. The molecule has 2 heteroatoms. The van der Waals surface area contributed by atoms with Gasteiger partial charge in [0.15, 0.2) is 0 Å². The average Bonchev–Trinajstić information content (AvgIpc) is 2.24. The number of nitrogens with one attached hydrogen (secondary N) is 1. The Labute approximate surface area is 102 Å². The van der Waals surface area contributed by atoms with Crippen LogP contribution in [0.25, 0.3) is 0 Å². The summed E-state index contributed by atoms with van der Waals surface area (Å²) in [5.41, 5.74) is 5.60. The van der Waals surface area contributed by atoms with E-state index >= 15 is 0 Å². The molecule has 0 rings (SSSR count). The van der Waals surface area contributed by atoms with E-state index in [2.05, 4.69) is 26.1 Å². The predicted octanol–water partition coefficient (Wildman–Crippen LogP) is 3.02. The Kier molecular flexibility index (Phi) is 10.0. The van der Waals surface area contributed by atoms with Crippen LogP contribution in [0.3, 0.4) is 0 Å². The lowest BCUT2D eigenvalue weighted by atomic mass is 9.82. The van der Waals surface area contributed by atoms with E-state index in [1.165, 1.54) is 32.1 Å². The lowest BCUT2D eigenvalue weighted by Gasteiger charge is -2.24. The van der Waals surface area contributed by atoms with Crippen LogP contribution in [0.4, 0.5) is 0 Å². The highest BCUT2D eigenvalue weighted by Crippen LogP contribution is 2.26. The molecule has 0 aromatic rings. The predicted molar refractivity (Wildman–Crippen MR) is 73.6 cm³/mol. The highest BCUT2D eigenvalue weighted by molar-refractivity contribution is 4.68. The fourth-order valence-electron chi connectivity index (χ4n) is 2.37. The van der Waals surface area contributed by atoms with Crippen molar-refractivity contribution in [1.82, 2.24) is 5.32 Å². The van der Waals surface area contributed by atoms with E-state index in [1.807, 2.05) is 7.05 Å². The zero-order valence-corrected chi connectivity index (χ0v) is 11.8. The van der Waals surface area contributed by atoms with Crippen LogP contribution in [-0.2, 0) is 0 Å². The van der Waals surface area contributed by atoms with Crippen molar-refractivity contribution in [3.05, 3.63) is 0 Å². The Hall–Kier alpha value is -0.0800. The molecule has 3 N–H and O–H groups in total. The molecule has 16 heavy (non-hydrogen) atoms. The third-order valence-electron chi connectivity index (χ3n) is 3.55. The summed E-state index contributed by atoms with van der Waals surface area (Å²) in [5, 5.41) is 3.22. The van der Waals surface area contributed by atoms with Crippen LogP contribution in [0.5, 0.6) is 0 Å². The van der Waals surface area contributed by atoms with Gasteiger partial charge in [0.05, 0.1) is 0 Å². The first-order valence-electron chi connectivity index (χ1n) is 6.96. The Morgan fingerprint density at radius 1 is 1.06 bits per heavy atom. The van der Waals surface area contributed by atoms with Gasteiger partial charge in [0.1, 0.15) is 0 Å². The number of hydrogen-bond donors (Lipinski definition) is 2. The van der Waals surface area contributed by atoms with E-state index in [9.17, 15) is 0 Å². The first-order valence-corrected chi connectivity index (χ1v) is 6.96. The van der Waals surface area contributed by atoms with Gasteiger partial charge in [-0.2, -0.15) is 0 Å². The maximum absolute atomic E-state index is 5.60. The molecule has 2 unspecified atom stereocenters. The Morgan fingerprint density at radius 3 is 2.25 bits per heavy atom. The molecule has 2 nitrogen and oxygen atoms in total. The number of nitrogens with two attached hydrogens (primary N) is 1. The van der Waals surface area contributed by atoms with Gasteiger partial charge in [-0.3, -0.25) is 0 Å². The standard InChI is InChI=1S/C14H32N2/c1-12(2)14(8-5-9-15)11-13(3)7-6-10-16-4/h12-14,16H,5-11,15H2,1-4H3. The second kappa shape index (κ2) is 10.1. The van der Waals surface area contributed by atoms with Crippen LogP contribution < -0.4 is 11.1 Å². The van der Waals surface area contributed by atoms with Crippen molar-refractivity contribution in [1.29, 1.82) is 0 Å². The molecule has 0 fully saturated rings. The normalized spacial score (nSPS) is 15.4. The lowest BCUT2D eigenvalue weighted by Crippen LogP contribution is -2.16. The molecule has 0 spiro atoms. The Bertz CT molecular complexity index is 146. The van der Waals surface area contributed by atoms with Crippen molar-refractivity contribution >= 4 is 0 Å². The van der Waals surface area contributed by atoms with Gasteiger partial charge in [0.2, 0.25) is 0 Å². The molecule has 0 aliphatic heterocycles. The molecular formula is C14H32N2. The molecule has 0 saturated carbocycles. The minimum absolute atomic E-state index is 0.804. The van der Waals surface area contributed by atoms with Crippen LogP contribution in [0.1, 0.15) is 52.9 Å². The van der Waals surface area contributed by atoms with E-state index in [4.69, 9.17) is 5.73 Å². The summed E-state index contributed by atoms with van der Waals surface area (Å²) in [4.78, 5) is 0. The smallest absolute Gasteiger partial charge is 0.00518 e. The van der Waals surface area contributed by atoms with Gasteiger partial charge >= 0.3 is 0 Å². The van der Waals surface area contributed by atoms with Crippen molar-refractivity contribution in [2.45, 2.75) is 52.9 Å². The minimum atomic E-state index is 0.804. The van der Waals surface area contributed by atoms with Gasteiger partial charge in [0, 0.05) is 0 Å². The van der Waals surface area contributed by atoms with E-state index in [-0.39, 0.29) is 0 Å². The van der Waals surface area contributed by atoms with Crippen LogP contribution in [0, 0.1) is 17.8 Å². The molecule has 0 aromatic heterocycles. The van der Waals surface area contributed by atoms with Crippen LogP contribution >= 0.6 is 0 Å². The van der Waals surface area contributed by atoms with E-state index in [1.54, 1.807) is 0 Å². The Balaban J connectivity index is 3.78. The average molecular weight is 228 g/mol. The molecule has 0 aliphatic rings. The SMILES string of the molecule is CNCCCC(C)CC(CCCN)C(C)C. The fourth-order valence-corrected chi connectivity index (χ4v) is 2.37. The van der Waals surface area contributed by atoms with Crippen molar-refractivity contribution in [2.75, 3.05) is 20.1 Å². The highest BCUT2D eigenvalue weighted by Gasteiger charge is 2.16. The first-order chi connectivity index (χ1) is 7.61. The van der Waals surface area contributed by atoms with Crippen LogP contribution in [-0.4, -0.2) is 20.1 Å². The molecule has 98 valence electrons. The van der Waals surface area contributed by atoms with E-state index in [0.29, 0.717) is 0 Å². The molecule has 2 atom stereocenters. The summed E-state index contributed by atoms with van der Waals surface area (Å²) in [6.45, 7) is 9.09. The summed E-state index contributed by atoms with van der Waals surface area (Å²) in [6, 6.07) is 0. The van der Waals surface area contributed by atoms with Crippen molar-refractivity contribution in [3.8, 4) is 0 Å². The molecular weight excluding hydrogens is 196 g/mol. The maximum Gasteiger partial charge on any atom is -0.00518 e. The van der Waals surface area contributed by atoms with Gasteiger partial charge in [-0.25, -0.2) is 0 Å². The van der Waals surface area contributed by atoms with Crippen LogP contribution in [0.2, 0.25) is 0 Å². The van der Waals surface area contributed by atoms with Gasteiger partial charge in [0.25, 0.3) is 0 Å². The summed E-state index contributed by atoms with van der Waals surface area (Å²) in [5.74, 6) is 2.53. The Morgan fingerprint density at radius 2 is 1.75 bits per heavy atom. The minimum Gasteiger partial charge on any atom is -0.330 e. The van der Waals surface area contributed by atoms with Gasteiger partial charge in [-0.05, 0) is 70.0 Å². The quantitative estimate of drug-likeness (QED) is 0.564. The van der Waals surface area contributed by atoms with E-state index in [0.717, 1.165) is 30.8 Å².